The zero-order valence-corrected chi connectivity index (χ0v) is 12.8. The van der Waals surface area contributed by atoms with E-state index in [1.807, 2.05) is 11.0 Å². The molecule has 0 amide bonds. The van der Waals surface area contributed by atoms with E-state index in [1.165, 1.54) is 0 Å². The first kappa shape index (κ1) is 15.6. The number of pyridine rings is 1. The smallest absolute Gasteiger partial charge is 0.324 e. The highest BCUT2D eigenvalue weighted by Gasteiger charge is 2.49. The Balaban J connectivity index is 2.16. The third-order valence-corrected chi connectivity index (χ3v) is 4.40. The van der Waals surface area contributed by atoms with Crippen LogP contribution in [0, 0.1) is 0 Å². The summed E-state index contributed by atoms with van der Waals surface area (Å²) in [6.45, 7) is 1.33. The van der Waals surface area contributed by atoms with Gasteiger partial charge in [0.15, 0.2) is 5.60 Å². The van der Waals surface area contributed by atoms with E-state index < -0.39 is 17.6 Å². The van der Waals surface area contributed by atoms with Crippen LogP contribution in [-0.4, -0.2) is 45.2 Å². The average Bonchev–Trinajstić information content (AvgIpc) is 3.10. The number of benzene rings is 1. The Kier molecular flexibility index (Phi) is 4.41. The van der Waals surface area contributed by atoms with Crippen LogP contribution >= 0.6 is 0 Å². The number of hydrogen-bond acceptors (Lipinski definition) is 4. The van der Waals surface area contributed by atoms with Crippen LogP contribution in [0.25, 0.3) is 0 Å². The van der Waals surface area contributed by atoms with Crippen LogP contribution in [-0.2, 0) is 10.4 Å². The number of likely N-dealkylation sites (tertiary alicyclic amines) is 1. The minimum atomic E-state index is -1.70. The van der Waals surface area contributed by atoms with Gasteiger partial charge in [0, 0.05) is 6.20 Å². The molecule has 1 aliphatic heterocycles. The third-order valence-electron chi connectivity index (χ3n) is 4.40. The Morgan fingerprint density at radius 3 is 2.30 bits per heavy atom. The highest BCUT2D eigenvalue weighted by atomic mass is 16.4. The van der Waals surface area contributed by atoms with Crippen molar-refractivity contribution < 1.29 is 15.0 Å². The molecule has 2 heterocycles. The molecular weight excluding hydrogens is 292 g/mol. The van der Waals surface area contributed by atoms with Crippen LogP contribution in [0.5, 0.6) is 0 Å². The predicted octanol–water partition coefficient (Wildman–Crippen LogP) is 1.87. The van der Waals surface area contributed by atoms with Crippen LogP contribution in [0.2, 0.25) is 0 Å². The maximum absolute atomic E-state index is 12.1. The quantitative estimate of drug-likeness (QED) is 0.881. The number of aliphatic carboxylic acids is 1. The van der Waals surface area contributed by atoms with Crippen molar-refractivity contribution >= 4 is 5.97 Å². The monoisotopic (exact) mass is 312 g/mol. The summed E-state index contributed by atoms with van der Waals surface area (Å²) in [6.07, 6.45) is 3.46. The molecule has 1 aliphatic rings. The standard InChI is InChI=1S/C18H20N2O3/c21-17(22)16(20-12-6-7-13-20)18(23,14-8-2-1-3-9-14)15-10-4-5-11-19-15/h1-5,8-11,16,23H,6-7,12-13H2,(H,21,22). The van der Waals surface area contributed by atoms with E-state index in [4.69, 9.17) is 0 Å². The average molecular weight is 312 g/mol. The molecule has 1 saturated heterocycles. The number of nitrogens with zero attached hydrogens (tertiary/aromatic N) is 2. The summed E-state index contributed by atoms with van der Waals surface area (Å²) in [6, 6.07) is 13.1. The van der Waals surface area contributed by atoms with Gasteiger partial charge in [0.25, 0.3) is 0 Å². The van der Waals surface area contributed by atoms with Crippen molar-refractivity contribution in [3.8, 4) is 0 Å². The molecule has 0 spiro atoms. The number of carboxylic acids is 1. The SMILES string of the molecule is O=C(O)C(N1CCCC1)C(O)(c1ccccc1)c1ccccn1. The third kappa shape index (κ3) is 2.85. The summed E-state index contributed by atoms with van der Waals surface area (Å²) in [4.78, 5) is 18.1. The fourth-order valence-electron chi connectivity index (χ4n) is 3.33. The summed E-state index contributed by atoms with van der Waals surface area (Å²) >= 11 is 0. The van der Waals surface area contributed by atoms with E-state index in [-0.39, 0.29) is 0 Å². The van der Waals surface area contributed by atoms with Crippen LogP contribution < -0.4 is 0 Å². The van der Waals surface area contributed by atoms with E-state index in [1.54, 1.807) is 48.7 Å². The van der Waals surface area contributed by atoms with Gasteiger partial charge in [0.2, 0.25) is 0 Å². The summed E-state index contributed by atoms with van der Waals surface area (Å²) in [5.41, 5.74) is -0.804. The van der Waals surface area contributed by atoms with Crippen LogP contribution in [0.15, 0.2) is 54.7 Å². The van der Waals surface area contributed by atoms with Crippen molar-refractivity contribution in [2.45, 2.75) is 24.5 Å². The van der Waals surface area contributed by atoms with Gasteiger partial charge in [0.1, 0.15) is 6.04 Å². The fourth-order valence-corrected chi connectivity index (χ4v) is 3.33. The molecule has 1 aromatic heterocycles. The van der Waals surface area contributed by atoms with E-state index in [0.717, 1.165) is 12.8 Å². The summed E-state index contributed by atoms with van der Waals surface area (Å²) in [7, 11) is 0. The fraction of sp³-hybridized carbons (Fsp3) is 0.333. The normalized spacial score (nSPS) is 19.2. The number of carbonyl (C=O) groups is 1. The maximum Gasteiger partial charge on any atom is 0.324 e. The lowest BCUT2D eigenvalue weighted by Gasteiger charge is -2.38. The van der Waals surface area contributed by atoms with E-state index in [9.17, 15) is 15.0 Å². The number of carboxylic acid groups (broad SMARTS) is 1. The molecule has 0 bridgehead atoms. The number of rotatable bonds is 5. The van der Waals surface area contributed by atoms with Crippen LogP contribution in [0.1, 0.15) is 24.1 Å². The maximum atomic E-state index is 12.1. The molecule has 2 atom stereocenters. The highest BCUT2D eigenvalue weighted by molar-refractivity contribution is 5.77. The van der Waals surface area contributed by atoms with Gasteiger partial charge in [0.05, 0.1) is 5.69 Å². The van der Waals surface area contributed by atoms with Gasteiger partial charge in [-0.25, -0.2) is 0 Å². The van der Waals surface area contributed by atoms with Crippen molar-refractivity contribution in [3.63, 3.8) is 0 Å². The first-order valence-corrected chi connectivity index (χ1v) is 7.80. The predicted molar refractivity (Wildman–Crippen MR) is 85.9 cm³/mol. The minimum absolute atomic E-state index is 0.352. The number of hydrogen-bond donors (Lipinski definition) is 2. The molecule has 120 valence electrons. The molecule has 23 heavy (non-hydrogen) atoms. The largest absolute Gasteiger partial charge is 0.480 e. The molecular formula is C18H20N2O3. The van der Waals surface area contributed by atoms with Crippen molar-refractivity contribution in [3.05, 3.63) is 66.0 Å². The van der Waals surface area contributed by atoms with Gasteiger partial charge in [-0.1, -0.05) is 36.4 Å². The van der Waals surface area contributed by atoms with Crippen molar-refractivity contribution in [2.24, 2.45) is 0 Å². The van der Waals surface area contributed by atoms with Gasteiger partial charge in [-0.15, -0.1) is 0 Å². The summed E-state index contributed by atoms with van der Waals surface area (Å²) in [5.74, 6) is -1.04. The second-order valence-electron chi connectivity index (χ2n) is 5.83. The molecule has 3 rings (SSSR count). The molecule has 2 N–H and O–H groups in total. The molecule has 0 aliphatic carbocycles. The molecule has 0 radical (unpaired) electrons. The van der Waals surface area contributed by atoms with Crippen molar-refractivity contribution in [1.29, 1.82) is 0 Å². The van der Waals surface area contributed by atoms with E-state index >= 15 is 0 Å². The highest BCUT2D eigenvalue weighted by Crippen LogP contribution is 2.36. The Bertz CT molecular complexity index is 615. The zero-order valence-electron chi connectivity index (χ0n) is 12.8. The lowest BCUT2D eigenvalue weighted by Crippen LogP contribution is -2.55. The Morgan fingerprint density at radius 1 is 1.09 bits per heavy atom. The number of aromatic nitrogens is 1. The topological polar surface area (TPSA) is 73.7 Å². The summed E-state index contributed by atoms with van der Waals surface area (Å²) < 4.78 is 0. The lowest BCUT2D eigenvalue weighted by atomic mass is 9.82. The van der Waals surface area contributed by atoms with Gasteiger partial charge in [-0.2, -0.15) is 0 Å². The van der Waals surface area contributed by atoms with Gasteiger partial charge < -0.3 is 10.2 Å². The van der Waals surface area contributed by atoms with Gasteiger partial charge >= 0.3 is 5.97 Å². The molecule has 0 saturated carbocycles. The second kappa shape index (κ2) is 6.48. The molecule has 1 aromatic carbocycles. The zero-order chi connectivity index (χ0) is 16.3. The first-order chi connectivity index (χ1) is 11.1. The van der Waals surface area contributed by atoms with Crippen molar-refractivity contribution in [1.82, 2.24) is 9.88 Å². The molecule has 1 fully saturated rings. The number of aliphatic hydroxyl groups is 1. The minimum Gasteiger partial charge on any atom is -0.480 e. The Labute approximate surface area is 135 Å². The van der Waals surface area contributed by atoms with Crippen molar-refractivity contribution in [2.75, 3.05) is 13.1 Å². The first-order valence-electron chi connectivity index (χ1n) is 7.80. The Hall–Kier alpha value is -2.24. The van der Waals surface area contributed by atoms with Gasteiger partial charge in [-0.3, -0.25) is 14.7 Å². The van der Waals surface area contributed by atoms with Crippen LogP contribution in [0.3, 0.4) is 0 Å². The van der Waals surface area contributed by atoms with Gasteiger partial charge in [-0.05, 0) is 43.6 Å². The lowest BCUT2D eigenvalue weighted by molar-refractivity contribution is -0.152. The van der Waals surface area contributed by atoms with E-state index in [2.05, 4.69) is 4.98 Å². The van der Waals surface area contributed by atoms with E-state index in [0.29, 0.717) is 24.3 Å². The molecule has 5 nitrogen and oxygen atoms in total. The molecule has 2 unspecified atom stereocenters. The Morgan fingerprint density at radius 2 is 1.74 bits per heavy atom. The summed E-state index contributed by atoms with van der Waals surface area (Å²) in [5, 5.41) is 21.4. The van der Waals surface area contributed by atoms with Crippen LogP contribution in [0.4, 0.5) is 0 Å². The molecule has 5 heteroatoms. The second-order valence-corrected chi connectivity index (χ2v) is 5.83. The molecule has 2 aromatic rings.